The average molecular weight is 286 g/mol. The second-order valence-electron chi connectivity index (χ2n) is 6.22. The van der Waals surface area contributed by atoms with E-state index in [2.05, 4.69) is 15.1 Å². The summed E-state index contributed by atoms with van der Waals surface area (Å²) in [5.74, 6) is 0.415. The van der Waals surface area contributed by atoms with E-state index in [-0.39, 0.29) is 0 Å². The molecule has 21 heavy (non-hydrogen) atoms. The molecule has 1 aliphatic rings. The minimum atomic E-state index is -0.544. The Kier molecular flexibility index (Phi) is 3.23. The first-order valence-corrected chi connectivity index (χ1v) is 7.03. The van der Waals surface area contributed by atoms with Crippen LogP contribution in [-0.4, -0.2) is 31.4 Å². The molecule has 2 aromatic heterocycles. The number of hydrogen-bond acceptors (Lipinski definition) is 5. The van der Waals surface area contributed by atoms with Crippen molar-refractivity contribution in [1.82, 2.24) is 19.7 Å². The fourth-order valence-electron chi connectivity index (χ4n) is 2.10. The molecule has 1 aliphatic carbocycles. The molecule has 0 aliphatic heterocycles. The highest BCUT2D eigenvalue weighted by Gasteiger charge is 2.31. The second kappa shape index (κ2) is 4.95. The fourth-order valence-corrected chi connectivity index (χ4v) is 2.10. The maximum Gasteiger partial charge on any atom is 0.435 e. The Bertz CT molecular complexity index is 654. The minimum absolute atomic E-state index is 0.415. The van der Waals surface area contributed by atoms with Gasteiger partial charge >= 0.3 is 6.09 Å². The Hall–Kier alpha value is -2.24. The Labute approximate surface area is 123 Å². The maximum absolute atomic E-state index is 12.1. The van der Waals surface area contributed by atoms with Gasteiger partial charge in [-0.05, 0) is 39.7 Å². The lowest BCUT2D eigenvalue weighted by Crippen LogP contribution is -2.27. The highest BCUT2D eigenvalue weighted by atomic mass is 16.6. The van der Waals surface area contributed by atoms with Crippen molar-refractivity contribution >= 4 is 6.09 Å². The molecule has 1 fully saturated rings. The third-order valence-electron chi connectivity index (χ3n) is 3.15. The van der Waals surface area contributed by atoms with E-state index in [1.807, 2.05) is 26.8 Å². The molecule has 2 aromatic rings. The molecule has 0 N–H and O–H groups in total. The summed E-state index contributed by atoms with van der Waals surface area (Å²) in [6.07, 6.45) is 6.61. The third kappa shape index (κ3) is 3.09. The molecular formula is C15H18N4O2. The number of hydrogen-bond donors (Lipinski definition) is 0. The summed E-state index contributed by atoms with van der Waals surface area (Å²) in [5, 5.41) is 4.41. The van der Waals surface area contributed by atoms with E-state index in [9.17, 15) is 4.79 Å². The van der Waals surface area contributed by atoms with Crippen molar-refractivity contribution < 1.29 is 9.53 Å². The van der Waals surface area contributed by atoms with Crippen LogP contribution in [0.1, 0.15) is 45.2 Å². The van der Waals surface area contributed by atoms with Crippen molar-refractivity contribution in [3.8, 4) is 11.3 Å². The van der Waals surface area contributed by atoms with Gasteiger partial charge in [-0.2, -0.15) is 9.78 Å². The van der Waals surface area contributed by atoms with Gasteiger partial charge in [0.25, 0.3) is 0 Å². The van der Waals surface area contributed by atoms with Crippen LogP contribution < -0.4 is 0 Å². The zero-order valence-corrected chi connectivity index (χ0v) is 12.4. The summed E-state index contributed by atoms with van der Waals surface area (Å²) in [6, 6.07) is 1.82. The van der Waals surface area contributed by atoms with E-state index in [0.29, 0.717) is 5.92 Å². The molecule has 0 aromatic carbocycles. The fraction of sp³-hybridized carbons (Fsp3) is 0.467. The molecule has 0 radical (unpaired) electrons. The van der Waals surface area contributed by atoms with E-state index < -0.39 is 11.7 Å². The molecular weight excluding hydrogens is 268 g/mol. The summed E-state index contributed by atoms with van der Waals surface area (Å²) < 4.78 is 6.63. The lowest BCUT2D eigenvalue weighted by atomic mass is 10.1. The quantitative estimate of drug-likeness (QED) is 0.848. The van der Waals surface area contributed by atoms with Crippen molar-refractivity contribution in [3.05, 3.63) is 30.5 Å². The second-order valence-corrected chi connectivity index (χ2v) is 6.22. The highest BCUT2D eigenvalue weighted by molar-refractivity contribution is 5.73. The average Bonchev–Trinajstić information content (AvgIpc) is 3.16. The summed E-state index contributed by atoms with van der Waals surface area (Å²) in [5.41, 5.74) is 2.03. The lowest BCUT2D eigenvalue weighted by Gasteiger charge is -2.18. The monoisotopic (exact) mass is 286 g/mol. The van der Waals surface area contributed by atoms with Crippen molar-refractivity contribution in [2.24, 2.45) is 0 Å². The minimum Gasteiger partial charge on any atom is -0.442 e. The van der Waals surface area contributed by atoms with Crippen LogP contribution in [0.2, 0.25) is 0 Å². The number of ether oxygens (including phenoxy) is 1. The molecule has 6 heteroatoms. The van der Waals surface area contributed by atoms with Crippen LogP contribution in [0, 0.1) is 0 Å². The third-order valence-corrected chi connectivity index (χ3v) is 3.15. The van der Waals surface area contributed by atoms with E-state index >= 15 is 0 Å². The van der Waals surface area contributed by atoms with Crippen LogP contribution in [0.3, 0.4) is 0 Å². The molecule has 0 amide bonds. The van der Waals surface area contributed by atoms with Crippen molar-refractivity contribution in [1.29, 1.82) is 0 Å². The Morgan fingerprint density at radius 1 is 1.38 bits per heavy atom. The zero-order valence-electron chi connectivity index (χ0n) is 12.4. The topological polar surface area (TPSA) is 69.9 Å². The van der Waals surface area contributed by atoms with E-state index in [0.717, 1.165) is 29.8 Å². The Morgan fingerprint density at radius 2 is 2.14 bits per heavy atom. The standard InChI is InChI=1S/C15H18N4O2/c1-15(2,3)21-14(20)19-8-11(12-6-7-16-9-17-12)13(18-19)10-4-5-10/h6-10H,4-5H2,1-3H3. The number of rotatable bonds is 2. The Morgan fingerprint density at radius 3 is 2.71 bits per heavy atom. The van der Waals surface area contributed by atoms with Crippen LogP contribution in [-0.2, 0) is 4.74 Å². The molecule has 0 saturated heterocycles. The predicted octanol–water partition coefficient (Wildman–Crippen LogP) is 3.00. The van der Waals surface area contributed by atoms with E-state index in [1.165, 1.54) is 11.0 Å². The first kappa shape index (κ1) is 13.7. The summed E-state index contributed by atoms with van der Waals surface area (Å²) in [7, 11) is 0. The number of carbonyl (C=O) groups is 1. The molecule has 6 nitrogen and oxygen atoms in total. The molecule has 0 spiro atoms. The highest BCUT2D eigenvalue weighted by Crippen LogP contribution is 2.43. The van der Waals surface area contributed by atoms with Crippen LogP contribution in [0.15, 0.2) is 24.8 Å². The summed E-state index contributed by atoms with van der Waals surface area (Å²) >= 11 is 0. The van der Waals surface area contributed by atoms with Gasteiger partial charge in [0, 0.05) is 23.9 Å². The van der Waals surface area contributed by atoms with Gasteiger partial charge in [0.05, 0.1) is 11.4 Å². The largest absolute Gasteiger partial charge is 0.442 e. The van der Waals surface area contributed by atoms with Crippen LogP contribution >= 0.6 is 0 Å². The molecule has 0 unspecified atom stereocenters. The summed E-state index contributed by atoms with van der Waals surface area (Å²) in [6.45, 7) is 5.50. The van der Waals surface area contributed by atoms with Crippen LogP contribution in [0.5, 0.6) is 0 Å². The van der Waals surface area contributed by atoms with Gasteiger partial charge in [-0.1, -0.05) is 0 Å². The van der Waals surface area contributed by atoms with Gasteiger partial charge in [-0.3, -0.25) is 0 Å². The number of aromatic nitrogens is 4. The molecule has 0 atom stereocenters. The number of carbonyl (C=O) groups excluding carboxylic acids is 1. The van der Waals surface area contributed by atoms with E-state index in [1.54, 1.807) is 12.4 Å². The lowest BCUT2D eigenvalue weighted by molar-refractivity contribution is 0.0514. The van der Waals surface area contributed by atoms with Crippen LogP contribution in [0.25, 0.3) is 11.3 Å². The van der Waals surface area contributed by atoms with Crippen molar-refractivity contribution in [2.75, 3.05) is 0 Å². The molecule has 3 rings (SSSR count). The molecule has 110 valence electrons. The van der Waals surface area contributed by atoms with E-state index in [4.69, 9.17) is 4.74 Å². The van der Waals surface area contributed by atoms with Crippen LogP contribution in [0.4, 0.5) is 4.79 Å². The maximum atomic E-state index is 12.1. The predicted molar refractivity (Wildman–Crippen MR) is 76.9 cm³/mol. The van der Waals surface area contributed by atoms with Gasteiger partial charge in [0.15, 0.2) is 0 Å². The van der Waals surface area contributed by atoms with Crippen molar-refractivity contribution in [2.45, 2.75) is 45.1 Å². The first-order chi connectivity index (χ1) is 9.94. The van der Waals surface area contributed by atoms with Gasteiger partial charge in [0.2, 0.25) is 0 Å². The first-order valence-electron chi connectivity index (χ1n) is 7.03. The molecule has 1 saturated carbocycles. The molecule has 0 bridgehead atoms. The van der Waals surface area contributed by atoms with Gasteiger partial charge in [-0.25, -0.2) is 14.8 Å². The number of nitrogens with zero attached hydrogens (tertiary/aromatic N) is 4. The molecule has 2 heterocycles. The zero-order chi connectivity index (χ0) is 15.0. The van der Waals surface area contributed by atoms with Gasteiger partial charge in [-0.15, -0.1) is 0 Å². The van der Waals surface area contributed by atoms with Gasteiger partial charge in [0.1, 0.15) is 11.9 Å². The van der Waals surface area contributed by atoms with Gasteiger partial charge < -0.3 is 4.74 Å². The normalized spacial score (nSPS) is 15.0. The Balaban J connectivity index is 1.96. The summed E-state index contributed by atoms with van der Waals surface area (Å²) in [4.78, 5) is 20.3. The smallest absolute Gasteiger partial charge is 0.435 e. The SMILES string of the molecule is CC(C)(C)OC(=O)n1cc(-c2ccncn2)c(C2CC2)n1. The van der Waals surface area contributed by atoms with Crippen molar-refractivity contribution in [3.63, 3.8) is 0 Å².